The van der Waals surface area contributed by atoms with Crippen LogP contribution in [0.15, 0.2) is 67.3 Å². The van der Waals surface area contributed by atoms with E-state index in [1.165, 1.54) is 24.5 Å². The number of carbonyl (C=O) groups is 1. The van der Waals surface area contributed by atoms with Crippen LogP contribution in [0.2, 0.25) is 0 Å². The van der Waals surface area contributed by atoms with Crippen LogP contribution in [0.5, 0.6) is 0 Å². The molecule has 3 rings (SSSR count). The van der Waals surface area contributed by atoms with Crippen LogP contribution < -0.4 is 5.32 Å². The van der Waals surface area contributed by atoms with Crippen molar-refractivity contribution in [3.63, 3.8) is 0 Å². The molecule has 0 fully saturated rings. The zero-order valence-electron chi connectivity index (χ0n) is 14.5. The summed E-state index contributed by atoms with van der Waals surface area (Å²) in [5, 5.41) is 17.7. The van der Waals surface area contributed by atoms with Crippen LogP contribution in [0.25, 0.3) is 11.8 Å². The highest BCUT2D eigenvalue weighted by Crippen LogP contribution is 2.16. The lowest BCUT2D eigenvalue weighted by atomic mass is 10.1. The van der Waals surface area contributed by atoms with Crippen molar-refractivity contribution < 1.29 is 9.72 Å². The largest absolute Gasteiger partial charge is 0.346 e. The normalized spacial score (nSPS) is 12.0. The number of nitrogens with zero attached hydrogens (tertiary/aromatic N) is 4. The molecule has 136 valence electrons. The molecule has 0 spiro atoms. The number of hydrogen-bond acceptors (Lipinski definition) is 5. The molecule has 8 heteroatoms. The highest BCUT2D eigenvalue weighted by Gasteiger charge is 2.09. The number of nitrogens with one attached hydrogen (secondary N) is 1. The maximum atomic E-state index is 12.1. The van der Waals surface area contributed by atoms with Crippen molar-refractivity contribution in [3.05, 3.63) is 88.5 Å². The summed E-state index contributed by atoms with van der Waals surface area (Å²) in [5.74, 6) is -0.283. The number of hydrogen-bond donors (Lipinski definition) is 1. The first-order valence-corrected chi connectivity index (χ1v) is 8.21. The molecule has 2 aromatic carbocycles. The van der Waals surface area contributed by atoms with Crippen molar-refractivity contribution >= 4 is 17.7 Å². The van der Waals surface area contributed by atoms with Gasteiger partial charge in [-0.1, -0.05) is 24.3 Å². The fourth-order valence-corrected chi connectivity index (χ4v) is 2.52. The minimum atomic E-state index is -0.470. The summed E-state index contributed by atoms with van der Waals surface area (Å²) in [6, 6.07) is 13.5. The molecule has 0 radical (unpaired) electrons. The van der Waals surface area contributed by atoms with E-state index in [1.54, 1.807) is 29.2 Å². The van der Waals surface area contributed by atoms with Crippen molar-refractivity contribution in [3.8, 4) is 5.69 Å². The quantitative estimate of drug-likeness (QED) is 0.412. The van der Waals surface area contributed by atoms with E-state index < -0.39 is 4.92 Å². The molecule has 1 aromatic heterocycles. The maximum absolute atomic E-state index is 12.1. The van der Waals surface area contributed by atoms with Crippen LogP contribution in [-0.2, 0) is 4.79 Å². The minimum Gasteiger partial charge on any atom is -0.346 e. The van der Waals surface area contributed by atoms with Crippen molar-refractivity contribution in [2.45, 2.75) is 13.0 Å². The Morgan fingerprint density at radius 1 is 1.26 bits per heavy atom. The van der Waals surface area contributed by atoms with Crippen molar-refractivity contribution in [2.24, 2.45) is 0 Å². The number of non-ortho nitro benzene ring substituents is 1. The second kappa shape index (κ2) is 8.05. The van der Waals surface area contributed by atoms with Gasteiger partial charge in [0.05, 0.1) is 16.7 Å². The smallest absolute Gasteiger partial charge is 0.270 e. The second-order valence-corrected chi connectivity index (χ2v) is 5.85. The third-order valence-electron chi connectivity index (χ3n) is 3.94. The summed E-state index contributed by atoms with van der Waals surface area (Å²) >= 11 is 0. The molecule has 1 atom stereocenters. The molecular weight excluding hydrogens is 346 g/mol. The average Bonchev–Trinajstić information content (AvgIpc) is 3.21. The first-order chi connectivity index (χ1) is 13.0. The second-order valence-electron chi connectivity index (χ2n) is 5.85. The lowest BCUT2D eigenvalue weighted by Crippen LogP contribution is -2.24. The molecule has 0 aliphatic rings. The summed E-state index contributed by atoms with van der Waals surface area (Å²) in [7, 11) is 0. The standard InChI is InChI=1S/C19H17N5O3/c1-14(16-6-8-17(9-7-16)23-13-20-12-21-23)22-19(25)10-5-15-3-2-4-18(11-15)24(26)27/h2-14H,1H3,(H,22,25). The summed E-state index contributed by atoms with van der Waals surface area (Å²) in [6.07, 6.45) is 5.98. The monoisotopic (exact) mass is 363 g/mol. The minimum absolute atomic E-state index is 0.0154. The summed E-state index contributed by atoms with van der Waals surface area (Å²) in [5.41, 5.74) is 2.39. The summed E-state index contributed by atoms with van der Waals surface area (Å²) < 4.78 is 1.65. The van der Waals surface area contributed by atoms with E-state index in [9.17, 15) is 14.9 Å². The Hall–Kier alpha value is -3.81. The zero-order valence-corrected chi connectivity index (χ0v) is 14.5. The molecule has 3 aromatic rings. The van der Waals surface area contributed by atoms with Crippen molar-refractivity contribution in [1.82, 2.24) is 20.1 Å². The van der Waals surface area contributed by atoms with Gasteiger partial charge < -0.3 is 5.32 Å². The number of benzene rings is 2. The molecule has 1 amide bonds. The van der Waals surface area contributed by atoms with Gasteiger partial charge in [-0.3, -0.25) is 14.9 Å². The number of carbonyl (C=O) groups excluding carboxylic acids is 1. The summed E-state index contributed by atoms with van der Waals surface area (Å²) in [6.45, 7) is 1.88. The molecule has 0 saturated carbocycles. The predicted molar refractivity (Wildman–Crippen MR) is 100 cm³/mol. The van der Waals surface area contributed by atoms with Crippen LogP contribution in [0, 0.1) is 10.1 Å². The Morgan fingerprint density at radius 2 is 2.04 bits per heavy atom. The molecule has 0 aliphatic carbocycles. The molecule has 0 aliphatic heterocycles. The highest BCUT2D eigenvalue weighted by molar-refractivity contribution is 5.92. The van der Waals surface area contributed by atoms with E-state index in [1.807, 2.05) is 31.2 Å². The van der Waals surface area contributed by atoms with Gasteiger partial charge >= 0.3 is 0 Å². The van der Waals surface area contributed by atoms with Gasteiger partial charge in [0.25, 0.3) is 5.69 Å². The van der Waals surface area contributed by atoms with E-state index >= 15 is 0 Å². The number of amides is 1. The number of nitro benzene ring substituents is 1. The van der Waals surface area contributed by atoms with Gasteiger partial charge in [0.15, 0.2) is 0 Å². The van der Waals surface area contributed by atoms with E-state index in [-0.39, 0.29) is 17.6 Å². The van der Waals surface area contributed by atoms with Gasteiger partial charge in [-0.05, 0) is 36.3 Å². The molecule has 1 heterocycles. The number of nitro groups is 1. The van der Waals surface area contributed by atoms with E-state index in [0.29, 0.717) is 5.56 Å². The molecule has 27 heavy (non-hydrogen) atoms. The van der Waals surface area contributed by atoms with Gasteiger partial charge in [-0.25, -0.2) is 9.67 Å². The van der Waals surface area contributed by atoms with Crippen LogP contribution >= 0.6 is 0 Å². The maximum Gasteiger partial charge on any atom is 0.270 e. The van der Waals surface area contributed by atoms with Crippen LogP contribution in [-0.4, -0.2) is 25.6 Å². The van der Waals surface area contributed by atoms with Crippen LogP contribution in [0.4, 0.5) is 5.69 Å². The molecule has 0 bridgehead atoms. The number of rotatable bonds is 6. The molecule has 1 N–H and O–H groups in total. The molecule has 8 nitrogen and oxygen atoms in total. The lowest BCUT2D eigenvalue weighted by molar-refractivity contribution is -0.384. The average molecular weight is 363 g/mol. The van der Waals surface area contributed by atoms with Gasteiger partial charge in [0.1, 0.15) is 12.7 Å². The fourth-order valence-electron chi connectivity index (χ4n) is 2.52. The lowest BCUT2D eigenvalue weighted by Gasteiger charge is -2.13. The Kier molecular flexibility index (Phi) is 5.36. The SMILES string of the molecule is CC(NC(=O)C=Cc1cccc([N+](=O)[O-])c1)c1ccc(-n2cncn2)cc1. The van der Waals surface area contributed by atoms with Crippen molar-refractivity contribution in [2.75, 3.05) is 0 Å². The first kappa shape index (κ1) is 18.0. The first-order valence-electron chi connectivity index (χ1n) is 8.21. The zero-order chi connectivity index (χ0) is 19.2. The van der Waals surface area contributed by atoms with E-state index in [2.05, 4.69) is 15.4 Å². The summed E-state index contributed by atoms with van der Waals surface area (Å²) in [4.78, 5) is 26.3. The third-order valence-corrected chi connectivity index (χ3v) is 3.94. The molecule has 1 unspecified atom stereocenters. The Bertz CT molecular complexity index is 965. The Labute approximate surface area is 155 Å². The van der Waals surface area contributed by atoms with Gasteiger partial charge in [0, 0.05) is 18.2 Å². The molecular formula is C19H17N5O3. The Balaban J connectivity index is 1.62. The highest BCUT2D eigenvalue weighted by atomic mass is 16.6. The van der Waals surface area contributed by atoms with Crippen molar-refractivity contribution in [1.29, 1.82) is 0 Å². The van der Waals surface area contributed by atoms with Gasteiger partial charge in [-0.2, -0.15) is 5.10 Å². The number of aromatic nitrogens is 3. The van der Waals surface area contributed by atoms with Gasteiger partial charge in [0.2, 0.25) is 5.91 Å². The van der Waals surface area contributed by atoms with Gasteiger partial charge in [-0.15, -0.1) is 0 Å². The topological polar surface area (TPSA) is 103 Å². The van der Waals surface area contributed by atoms with Crippen LogP contribution in [0.1, 0.15) is 24.1 Å². The predicted octanol–water partition coefficient (Wildman–Crippen LogP) is 3.07. The van der Waals surface area contributed by atoms with E-state index in [4.69, 9.17) is 0 Å². The van der Waals surface area contributed by atoms with Crippen LogP contribution in [0.3, 0.4) is 0 Å². The third kappa shape index (κ3) is 4.63. The Morgan fingerprint density at radius 3 is 2.70 bits per heavy atom. The fraction of sp³-hybridized carbons (Fsp3) is 0.105. The van der Waals surface area contributed by atoms with E-state index in [0.717, 1.165) is 11.3 Å². The molecule has 0 saturated heterocycles.